The fraction of sp³-hybridized carbons (Fsp3) is 0.357. The van der Waals surface area contributed by atoms with Gasteiger partial charge in [0.25, 0.3) is 0 Å². The number of aromatic nitrogens is 1. The minimum absolute atomic E-state index is 0.0861. The third kappa shape index (κ3) is 3.54. The van der Waals surface area contributed by atoms with Crippen LogP contribution in [-0.2, 0) is 4.79 Å². The number of rotatable bonds is 3. The molecule has 0 bridgehead atoms. The molecule has 0 aliphatic heterocycles. The van der Waals surface area contributed by atoms with Crippen LogP contribution in [0.4, 0.5) is 5.13 Å². The van der Waals surface area contributed by atoms with E-state index in [2.05, 4.69) is 10.3 Å². The Kier molecular flexibility index (Phi) is 3.76. The van der Waals surface area contributed by atoms with Crippen LogP contribution in [0.15, 0.2) is 18.2 Å². The molecule has 5 nitrogen and oxygen atoms in total. The molecule has 0 unspecified atom stereocenters. The van der Waals surface area contributed by atoms with E-state index in [1.54, 1.807) is 12.1 Å². The molecule has 1 heterocycles. The maximum atomic E-state index is 11.8. The second-order valence-corrected chi connectivity index (χ2v) is 6.82. The zero-order chi connectivity index (χ0) is 14.9. The second-order valence-electron chi connectivity index (χ2n) is 5.79. The highest BCUT2D eigenvalue weighted by molar-refractivity contribution is 7.22. The van der Waals surface area contributed by atoms with Crippen LogP contribution in [0.3, 0.4) is 0 Å². The summed E-state index contributed by atoms with van der Waals surface area (Å²) in [4.78, 5) is 27.0. The van der Waals surface area contributed by atoms with Gasteiger partial charge in [-0.15, -0.1) is 0 Å². The molecule has 0 fully saturated rings. The van der Waals surface area contributed by atoms with Gasteiger partial charge < -0.3 is 10.4 Å². The van der Waals surface area contributed by atoms with Gasteiger partial charge in [-0.2, -0.15) is 0 Å². The van der Waals surface area contributed by atoms with Crippen LogP contribution in [0.25, 0.3) is 10.2 Å². The Morgan fingerprint density at radius 2 is 2.05 bits per heavy atom. The van der Waals surface area contributed by atoms with E-state index in [0.717, 1.165) is 4.70 Å². The van der Waals surface area contributed by atoms with Crippen LogP contribution in [0, 0.1) is 5.41 Å². The van der Waals surface area contributed by atoms with Crippen molar-refractivity contribution in [3.63, 3.8) is 0 Å². The van der Waals surface area contributed by atoms with E-state index in [1.807, 2.05) is 20.8 Å². The van der Waals surface area contributed by atoms with Crippen molar-refractivity contribution in [1.82, 2.24) is 4.98 Å². The molecule has 0 aliphatic carbocycles. The highest BCUT2D eigenvalue weighted by Crippen LogP contribution is 2.28. The largest absolute Gasteiger partial charge is 0.478 e. The molecule has 0 saturated carbocycles. The van der Waals surface area contributed by atoms with Crippen LogP contribution in [-0.4, -0.2) is 22.0 Å². The van der Waals surface area contributed by atoms with Crippen molar-refractivity contribution in [2.45, 2.75) is 27.2 Å². The number of benzene rings is 1. The maximum absolute atomic E-state index is 11.8. The number of carboxylic acids is 1. The zero-order valence-electron chi connectivity index (χ0n) is 11.6. The Morgan fingerprint density at radius 1 is 1.35 bits per heavy atom. The van der Waals surface area contributed by atoms with Crippen LogP contribution >= 0.6 is 11.3 Å². The number of carbonyl (C=O) groups is 2. The monoisotopic (exact) mass is 292 g/mol. The average molecular weight is 292 g/mol. The van der Waals surface area contributed by atoms with Gasteiger partial charge in [-0.25, -0.2) is 9.78 Å². The fourth-order valence-electron chi connectivity index (χ4n) is 1.76. The lowest BCUT2D eigenvalue weighted by molar-refractivity contribution is -0.117. The van der Waals surface area contributed by atoms with Crippen molar-refractivity contribution in [1.29, 1.82) is 0 Å². The Labute approximate surface area is 120 Å². The van der Waals surface area contributed by atoms with E-state index in [4.69, 9.17) is 5.11 Å². The number of carboxylic acid groups (broad SMARTS) is 1. The first-order valence-electron chi connectivity index (χ1n) is 6.18. The number of fused-ring (bicyclic) bond motifs is 1. The van der Waals surface area contributed by atoms with Crippen LogP contribution in [0.1, 0.15) is 37.6 Å². The van der Waals surface area contributed by atoms with Gasteiger partial charge in [-0.1, -0.05) is 32.1 Å². The molecule has 0 aliphatic rings. The number of anilines is 1. The van der Waals surface area contributed by atoms with Crippen molar-refractivity contribution in [3.05, 3.63) is 23.8 Å². The van der Waals surface area contributed by atoms with Crippen LogP contribution < -0.4 is 5.32 Å². The van der Waals surface area contributed by atoms with Gasteiger partial charge in [-0.3, -0.25) is 4.79 Å². The van der Waals surface area contributed by atoms with Crippen LogP contribution in [0.5, 0.6) is 0 Å². The summed E-state index contributed by atoms with van der Waals surface area (Å²) >= 11 is 1.28. The van der Waals surface area contributed by atoms with E-state index in [1.165, 1.54) is 17.4 Å². The topological polar surface area (TPSA) is 79.3 Å². The molecule has 1 amide bonds. The van der Waals surface area contributed by atoms with E-state index in [0.29, 0.717) is 17.1 Å². The van der Waals surface area contributed by atoms with Crippen molar-refractivity contribution in [2.24, 2.45) is 5.41 Å². The molecule has 20 heavy (non-hydrogen) atoms. The molecule has 0 atom stereocenters. The van der Waals surface area contributed by atoms with Crippen molar-refractivity contribution >= 4 is 38.6 Å². The highest BCUT2D eigenvalue weighted by Gasteiger charge is 2.17. The first-order valence-corrected chi connectivity index (χ1v) is 7.00. The molecule has 2 rings (SSSR count). The number of aromatic carboxylic acids is 1. The average Bonchev–Trinajstić information content (AvgIpc) is 2.66. The summed E-state index contributed by atoms with van der Waals surface area (Å²) in [6.45, 7) is 5.97. The first kappa shape index (κ1) is 14.5. The normalized spacial score (nSPS) is 11.6. The van der Waals surface area contributed by atoms with Gasteiger partial charge in [0.05, 0.1) is 15.8 Å². The highest BCUT2D eigenvalue weighted by atomic mass is 32.1. The van der Waals surface area contributed by atoms with Gasteiger partial charge in [-0.05, 0) is 23.6 Å². The van der Waals surface area contributed by atoms with E-state index in [-0.39, 0.29) is 16.9 Å². The summed E-state index contributed by atoms with van der Waals surface area (Å²) in [6, 6.07) is 4.72. The Hall–Kier alpha value is -1.95. The van der Waals surface area contributed by atoms with Gasteiger partial charge in [0, 0.05) is 6.42 Å². The molecule has 0 radical (unpaired) electrons. The Bertz CT molecular complexity index is 671. The molecule has 0 saturated heterocycles. The number of amides is 1. The smallest absolute Gasteiger partial charge is 0.335 e. The third-order valence-corrected chi connectivity index (χ3v) is 3.51. The summed E-state index contributed by atoms with van der Waals surface area (Å²) in [6.07, 6.45) is 0.406. The number of thiazole rings is 1. The molecule has 6 heteroatoms. The Balaban J connectivity index is 2.20. The van der Waals surface area contributed by atoms with Gasteiger partial charge in [0.2, 0.25) is 5.91 Å². The lowest BCUT2D eigenvalue weighted by Crippen LogP contribution is -2.19. The lowest BCUT2D eigenvalue weighted by atomic mass is 9.92. The summed E-state index contributed by atoms with van der Waals surface area (Å²) in [5, 5.41) is 12.2. The predicted octanol–water partition coefficient (Wildman–Crippen LogP) is 3.37. The van der Waals surface area contributed by atoms with Gasteiger partial charge >= 0.3 is 5.97 Å². The minimum atomic E-state index is -0.974. The van der Waals surface area contributed by atoms with Crippen molar-refractivity contribution < 1.29 is 14.7 Å². The zero-order valence-corrected chi connectivity index (χ0v) is 12.4. The maximum Gasteiger partial charge on any atom is 0.335 e. The number of nitrogens with zero attached hydrogens (tertiary/aromatic N) is 1. The number of carbonyl (C=O) groups excluding carboxylic acids is 1. The quantitative estimate of drug-likeness (QED) is 0.909. The predicted molar refractivity (Wildman–Crippen MR) is 79.3 cm³/mol. The summed E-state index contributed by atoms with van der Waals surface area (Å²) in [7, 11) is 0. The van der Waals surface area contributed by atoms with Crippen molar-refractivity contribution in [2.75, 3.05) is 5.32 Å². The van der Waals surface area contributed by atoms with E-state index >= 15 is 0 Å². The molecule has 106 valence electrons. The third-order valence-electron chi connectivity index (χ3n) is 2.57. The molecule has 2 N–H and O–H groups in total. The number of hydrogen-bond acceptors (Lipinski definition) is 4. The number of nitrogens with one attached hydrogen (secondary N) is 1. The number of hydrogen-bond donors (Lipinski definition) is 2. The minimum Gasteiger partial charge on any atom is -0.478 e. The first-order chi connectivity index (χ1) is 9.24. The van der Waals surface area contributed by atoms with E-state index in [9.17, 15) is 9.59 Å². The molecule has 2 aromatic rings. The summed E-state index contributed by atoms with van der Waals surface area (Å²) in [5.41, 5.74) is 0.817. The fourth-order valence-corrected chi connectivity index (χ4v) is 2.68. The van der Waals surface area contributed by atoms with Gasteiger partial charge in [0.1, 0.15) is 0 Å². The van der Waals surface area contributed by atoms with E-state index < -0.39 is 5.97 Å². The van der Waals surface area contributed by atoms with Crippen molar-refractivity contribution in [3.8, 4) is 0 Å². The Morgan fingerprint density at radius 3 is 2.65 bits per heavy atom. The standard InChI is InChI=1S/C14H16N2O3S/c1-14(2,3)7-11(17)16-13-15-9-5-4-8(12(18)19)6-10(9)20-13/h4-6H,7H2,1-3H3,(H,18,19)(H,15,16,17). The van der Waals surface area contributed by atoms with Gasteiger partial charge in [0.15, 0.2) is 5.13 Å². The summed E-state index contributed by atoms with van der Waals surface area (Å²) in [5.74, 6) is -1.06. The summed E-state index contributed by atoms with van der Waals surface area (Å²) < 4.78 is 0.746. The molecule has 1 aromatic heterocycles. The molecular formula is C14H16N2O3S. The SMILES string of the molecule is CC(C)(C)CC(=O)Nc1nc2ccc(C(=O)O)cc2s1. The molecular weight excluding hydrogens is 276 g/mol. The van der Waals surface area contributed by atoms with Crippen LogP contribution in [0.2, 0.25) is 0 Å². The molecule has 0 spiro atoms. The second kappa shape index (κ2) is 5.20. The lowest BCUT2D eigenvalue weighted by Gasteiger charge is -2.16. The molecule has 1 aromatic carbocycles.